The molecule has 0 bridgehead atoms. The van der Waals surface area contributed by atoms with E-state index < -0.39 is 0 Å². The van der Waals surface area contributed by atoms with Gasteiger partial charge >= 0.3 is 0 Å². The van der Waals surface area contributed by atoms with Gasteiger partial charge in [0.2, 0.25) is 0 Å². The summed E-state index contributed by atoms with van der Waals surface area (Å²) in [7, 11) is 2.18. The number of hydrogen-bond acceptors (Lipinski definition) is 2. The van der Waals surface area contributed by atoms with Gasteiger partial charge in [-0.25, -0.2) is 0 Å². The summed E-state index contributed by atoms with van der Waals surface area (Å²) in [4.78, 5) is 5.18. The van der Waals surface area contributed by atoms with Crippen molar-refractivity contribution < 1.29 is 4.42 Å². The molecule has 0 spiro atoms. The molecule has 40 heavy (non-hydrogen) atoms. The number of rotatable bonds is 2. The maximum Gasteiger partial charge on any atom is 0.136 e. The molecule has 5 aromatic carbocycles. The average molecular weight is 513 g/mol. The number of aliphatic imine (C=N–C) groups is 1. The topological polar surface area (TPSA) is 30.4 Å². The van der Waals surface area contributed by atoms with E-state index in [1.165, 1.54) is 49.3 Å². The first-order chi connectivity index (χ1) is 19.7. The summed E-state index contributed by atoms with van der Waals surface area (Å²) in [5.74, 6) is 0. The lowest BCUT2D eigenvalue weighted by molar-refractivity contribution is 0.669. The van der Waals surface area contributed by atoms with Crippen LogP contribution in [0.15, 0.2) is 136 Å². The highest BCUT2D eigenvalue weighted by atomic mass is 16.3. The molecule has 0 saturated carbocycles. The summed E-state index contributed by atoms with van der Waals surface area (Å²) in [6.07, 6.45) is 10.8. The minimum absolute atomic E-state index is 0.0830. The molecule has 0 radical (unpaired) electrons. The van der Waals surface area contributed by atoms with Gasteiger partial charge < -0.3 is 8.98 Å². The van der Waals surface area contributed by atoms with E-state index in [0.717, 1.165) is 33.2 Å². The van der Waals surface area contributed by atoms with Crippen molar-refractivity contribution in [3.63, 3.8) is 0 Å². The van der Waals surface area contributed by atoms with Crippen molar-refractivity contribution in [1.82, 2.24) is 4.57 Å². The Hall–Kier alpha value is -5.15. The lowest BCUT2D eigenvalue weighted by Gasteiger charge is -2.12. The molecule has 188 valence electrons. The second-order valence-corrected chi connectivity index (χ2v) is 10.8. The Balaban J connectivity index is 1.41. The van der Waals surface area contributed by atoms with E-state index in [-0.39, 0.29) is 6.04 Å². The molecule has 9 rings (SSSR count). The molecule has 1 unspecified atom stereocenters. The molecule has 0 fully saturated rings. The number of hydrogen-bond donors (Lipinski definition) is 0. The van der Waals surface area contributed by atoms with Crippen molar-refractivity contribution >= 4 is 60.2 Å². The predicted octanol–water partition coefficient (Wildman–Crippen LogP) is 9.27. The van der Waals surface area contributed by atoms with Gasteiger partial charge in [-0.15, -0.1) is 0 Å². The van der Waals surface area contributed by atoms with Gasteiger partial charge in [0.1, 0.15) is 11.2 Å². The van der Waals surface area contributed by atoms with E-state index in [1.54, 1.807) is 0 Å². The Morgan fingerprint density at radius 3 is 2.48 bits per heavy atom. The minimum Gasteiger partial charge on any atom is -0.456 e. The molecule has 1 aliphatic carbocycles. The Morgan fingerprint density at radius 2 is 1.55 bits per heavy atom. The first kappa shape index (κ1) is 21.7. The zero-order valence-corrected chi connectivity index (χ0v) is 21.9. The van der Waals surface area contributed by atoms with Crippen LogP contribution in [0, 0.1) is 0 Å². The molecule has 1 atom stereocenters. The van der Waals surface area contributed by atoms with E-state index >= 15 is 0 Å². The van der Waals surface area contributed by atoms with E-state index in [4.69, 9.17) is 9.41 Å². The smallest absolute Gasteiger partial charge is 0.136 e. The third-order valence-electron chi connectivity index (χ3n) is 8.58. The molecule has 3 heterocycles. The number of fused-ring (bicyclic) bond motifs is 8. The Labute approximate surface area is 230 Å². The number of aromatic nitrogens is 1. The molecule has 3 nitrogen and oxygen atoms in total. The molecular weight excluding hydrogens is 488 g/mol. The molecule has 1 aliphatic heterocycles. The third kappa shape index (κ3) is 2.97. The van der Waals surface area contributed by atoms with Crippen LogP contribution >= 0.6 is 0 Å². The molecule has 2 aliphatic rings. The third-order valence-corrected chi connectivity index (χ3v) is 8.58. The van der Waals surface area contributed by atoms with Crippen molar-refractivity contribution in [2.75, 3.05) is 0 Å². The van der Waals surface area contributed by atoms with Gasteiger partial charge in [0.05, 0.1) is 17.3 Å². The first-order valence-corrected chi connectivity index (χ1v) is 13.7. The first-order valence-electron chi connectivity index (χ1n) is 13.7. The number of nitrogens with zero attached hydrogens (tertiary/aromatic N) is 2. The van der Waals surface area contributed by atoms with Crippen LogP contribution in [0.5, 0.6) is 0 Å². The van der Waals surface area contributed by atoms with Crippen molar-refractivity contribution in [1.29, 1.82) is 0 Å². The second-order valence-electron chi connectivity index (χ2n) is 10.8. The second kappa shape index (κ2) is 7.93. The number of benzene rings is 5. The van der Waals surface area contributed by atoms with Crippen LogP contribution in [0.2, 0.25) is 0 Å². The summed E-state index contributed by atoms with van der Waals surface area (Å²) >= 11 is 0. The summed E-state index contributed by atoms with van der Waals surface area (Å²) in [5.41, 5.74) is 10.1. The van der Waals surface area contributed by atoms with E-state index in [0.29, 0.717) is 0 Å². The Bertz CT molecular complexity index is 2330. The van der Waals surface area contributed by atoms with Gasteiger partial charge in [-0.2, -0.15) is 0 Å². The lowest BCUT2D eigenvalue weighted by Crippen LogP contribution is -2.02. The van der Waals surface area contributed by atoms with E-state index in [2.05, 4.69) is 121 Å². The highest BCUT2D eigenvalue weighted by Crippen LogP contribution is 2.41. The Morgan fingerprint density at radius 1 is 0.700 bits per heavy atom. The number of para-hydroxylation sites is 1. The number of aryl methyl sites for hydroxylation is 1. The highest BCUT2D eigenvalue weighted by Gasteiger charge is 2.24. The fourth-order valence-corrected chi connectivity index (χ4v) is 6.69. The van der Waals surface area contributed by atoms with Crippen LogP contribution in [0.3, 0.4) is 0 Å². The van der Waals surface area contributed by atoms with Gasteiger partial charge in [0.15, 0.2) is 0 Å². The molecule has 3 heteroatoms. The number of furan rings is 1. The standard InChI is InChI=1S/C37H24N2O/c1-39-34-20-29-27-13-5-7-16-35(27)40-36(29)21-28(34)30-17-24(26-14-8-11-22-9-2-4-12-25(22)26)18-31(37(30)39)33-19-23-10-3-6-15-32(23)38-33/h2-21,32H,1H3. The summed E-state index contributed by atoms with van der Waals surface area (Å²) in [6, 6.07) is 32.8. The quantitative estimate of drug-likeness (QED) is 0.227. The molecule has 0 amide bonds. The van der Waals surface area contributed by atoms with Gasteiger partial charge in [0, 0.05) is 39.7 Å². The summed E-state index contributed by atoms with van der Waals surface area (Å²) < 4.78 is 8.66. The molecule has 0 N–H and O–H groups in total. The van der Waals surface area contributed by atoms with Crippen LogP contribution in [0.25, 0.3) is 65.6 Å². The van der Waals surface area contributed by atoms with Crippen LogP contribution in [0.1, 0.15) is 5.56 Å². The van der Waals surface area contributed by atoms with Gasteiger partial charge in [-0.3, -0.25) is 4.99 Å². The van der Waals surface area contributed by atoms with Crippen molar-refractivity contribution in [2.45, 2.75) is 6.04 Å². The van der Waals surface area contributed by atoms with Crippen LogP contribution in [0.4, 0.5) is 0 Å². The minimum atomic E-state index is 0.0830. The lowest BCUT2D eigenvalue weighted by atomic mass is 9.93. The maximum absolute atomic E-state index is 6.33. The van der Waals surface area contributed by atoms with Crippen LogP contribution < -0.4 is 0 Å². The van der Waals surface area contributed by atoms with Gasteiger partial charge in [-0.05, 0) is 63.9 Å². The number of allylic oxidation sites excluding steroid dienone is 3. The fourth-order valence-electron chi connectivity index (χ4n) is 6.69. The zero-order valence-electron chi connectivity index (χ0n) is 21.9. The molecule has 0 saturated heterocycles. The monoisotopic (exact) mass is 512 g/mol. The molecule has 7 aromatic rings. The van der Waals surface area contributed by atoms with Crippen LogP contribution in [-0.4, -0.2) is 16.3 Å². The van der Waals surface area contributed by atoms with Gasteiger partial charge in [-0.1, -0.05) is 85.0 Å². The van der Waals surface area contributed by atoms with Crippen molar-refractivity contribution in [3.05, 3.63) is 133 Å². The largest absolute Gasteiger partial charge is 0.456 e. The summed E-state index contributed by atoms with van der Waals surface area (Å²) in [6.45, 7) is 0. The fraction of sp³-hybridized carbons (Fsp3) is 0.0541. The van der Waals surface area contributed by atoms with Crippen molar-refractivity contribution in [3.8, 4) is 11.1 Å². The van der Waals surface area contributed by atoms with Crippen LogP contribution in [-0.2, 0) is 7.05 Å². The molecular formula is C37H24N2O. The van der Waals surface area contributed by atoms with Gasteiger partial charge in [0.25, 0.3) is 0 Å². The SMILES string of the molecule is Cn1c2cc3c(cc2c2cc(-c4cccc5ccccc45)cc(C4=NC5C=CC=CC5=C4)c21)oc1ccccc13. The summed E-state index contributed by atoms with van der Waals surface area (Å²) in [5, 5.41) is 7.19. The molecule has 2 aromatic heterocycles. The maximum atomic E-state index is 6.33. The Kier molecular flexibility index (Phi) is 4.31. The van der Waals surface area contributed by atoms with E-state index in [9.17, 15) is 0 Å². The normalized spacial score (nSPS) is 16.5. The van der Waals surface area contributed by atoms with E-state index in [1.807, 2.05) is 12.1 Å². The average Bonchev–Trinajstić information content (AvgIpc) is 3.67. The zero-order chi connectivity index (χ0) is 26.4. The predicted molar refractivity (Wildman–Crippen MR) is 167 cm³/mol. The van der Waals surface area contributed by atoms with Crippen molar-refractivity contribution in [2.24, 2.45) is 12.0 Å². The highest BCUT2D eigenvalue weighted by molar-refractivity contribution is 6.24.